The van der Waals surface area contributed by atoms with Gasteiger partial charge in [0.05, 0.1) is 56.0 Å². The highest BCUT2D eigenvalue weighted by Gasteiger charge is 2.76. The summed E-state index contributed by atoms with van der Waals surface area (Å²) < 4.78 is 12.5. The Kier molecular flexibility index (Phi) is 14.8. The number of nitrogens with two attached hydrogens (primary N) is 1. The van der Waals surface area contributed by atoms with Crippen molar-refractivity contribution < 1.29 is 70.1 Å². The van der Waals surface area contributed by atoms with E-state index >= 15 is 0 Å². The first-order valence-corrected chi connectivity index (χ1v) is 26.6. The number of rotatable bonds is 16. The molecule has 20 nitrogen and oxygen atoms in total. The summed E-state index contributed by atoms with van der Waals surface area (Å²) in [5, 5.41) is 117. The number of ether oxygens (including phenoxy) is 2. The molecule has 2 aliphatic heterocycles. The van der Waals surface area contributed by atoms with Gasteiger partial charge in [0.15, 0.2) is 6.29 Å². The maximum absolute atomic E-state index is 14.2. The number of carbonyl (C=O) groups is 2. The Balaban J connectivity index is 1.23. The Hall–Kier alpha value is -3.38. The number of carboxylic acids is 1. The lowest BCUT2D eigenvalue weighted by atomic mass is 9.29. The topological polar surface area (TPSA) is 350 Å². The molecule has 5 aliphatic carbocycles. The van der Waals surface area contributed by atoms with E-state index in [4.69, 9.17) is 15.2 Å². The molecule has 0 radical (unpaired) electrons. The number of imidazole rings is 2. The molecule has 0 aromatic carbocycles. The number of aliphatic carboxylic acids is 1. The minimum Gasteiger partial charge on any atom is -0.481 e. The molecule has 2 saturated heterocycles. The number of nitrogens with one attached hydrogen (secondary N) is 3. The Morgan fingerprint density at radius 2 is 1.62 bits per heavy atom. The van der Waals surface area contributed by atoms with Crippen molar-refractivity contribution in [1.29, 1.82) is 0 Å². The quantitative estimate of drug-likeness (QED) is 0.0632. The highest BCUT2D eigenvalue weighted by Crippen LogP contribution is 2.79. The van der Waals surface area contributed by atoms with Gasteiger partial charge < -0.3 is 81.6 Å². The van der Waals surface area contributed by atoms with E-state index in [1.54, 1.807) is 18.7 Å². The van der Waals surface area contributed by atoms with Gasteiger partial charge in [0.1, 0.15) is 24.5 Å². The number of allylic oxidation sites excluding steroid dienone is 2. The van der Waals surface area contributed by atoms with Crippen LogP contribution in [-0.2, 0) is 25.5 Å². The number of nitrogens with zero attached hydrogens (tertiary/aromatic N) is 2. The summed E-state index contributed by atoms with van der Waals surface area (Å²) in [6.07, 6.45) is 2.36. The number of aromatic nitrogens is 4. The number of carboxylic acid groups (broad SMARTS) is 1. The third-order valence-corrected chi connectivity index (χ3v) is 21.8. The molecule has 0 bridgehead atoms. The lowest BCUT2D eigenvalue weighted by molar-refractivity contribution is -0.341. The molecular weight excluding hydrogens is 945 g/mol. The number of H-pyrrole nitrogens is 2. The Morgan fingerprint density at radius 1 is 0.890 bits per heavy atom. The van der Waals surface area contributed by atoms with Crippen LogP contribution in [-0.4, -0.2) is 165 Å². The molecule has 2 aromatic rings. The van der Waals surface area contributed by atoms with Gasteiger partial charge in [-0.05, 0) is 121 Å². The third-order valence-electron chi connectivity index (χ3n) is 21.8. The van der Waals surface area contributed by atoms with Crippen molar-refractivity contribution in [2.24, 2.45) is 85.6 Å². The van der Waals surface area contributed by atoms with Gasteiger partial charge >= 0.3 is 5.97 Å². The van der Waals surface area contributed by atoms with E-state index in [1.165, 1.54) is 6.33 Å². The van der Waals surface area contributed by atoms with Crippen molar-refractivity contribution in [3.63, 3.8) is 0 Å². The molecule has 0 spiro atoms. The molecule has 73 heavy (non-hydrogen) atoms. The van der Waals surface area contributed by atoms with E-state index in [0.29, 0.717) is 50.6 Å². The van der Waals surface area contributed by atoms with Crippen LogP contribution in [0.3, 0.4) is 0 Å². The minimum absolute atomic E-state index is 0.127. The van der Waals surface area contributed by atoms with Crippen molar-refractivity contribution in [1.82, 2.24) is 25.3 Å². The second-order valence-electron chi connectivity index (χ2n) is 24.8. The third kappa shape index (κ3) is 8.21. The second kappa shape index (κ2) is 19.9. The number of fused-ring (bicyclic) bond motifs is 7. The number of hydrogen-bond acceptors (Lipinski definition) is 16. The Bertz CT molecular complexity index is 2310. The first-order chi connectivity index (χ1) is 34.6. The highest BCUT2D eigenvalue weighted by atomic mass is 16.7. The van der Waals surface area contributed by atoms with Crippen LogP contribution >= 0.6 is 0 Å². The molecule has 4 heterocycles. The van der Waals surface area contributed by atoms with Crippen molar-refractivity contribution in [2.75, 3.05) is 33.0 Å². The lowest BCUT2D eigenvalue weighted by Gasteiger charge is -2.75. The van der Waals surface area contributed by atoms with Gasteiger partial charge in [0.2, 0.25) is 5.91 Å². The average molecular weight is 1030 g/mol. The summed E-state index contributed by atoms with van der Waals surface area (Å²) in [4.78, 5) is 43.5. The summed E-state index contributed by atoms with van der Waals surface area (Å²) in [6.45, 7) is 8.69. The predicted octanol–water partition coefficient (Wildman–Crippen LogP) is 0.926. The fraction of sp³-hybridized carbons (Fsp3) is 0.811. The molecule has 1 amide bonds. The molecule has 23 unspecified atom stereocenters. The number of aliphatic hydroxyl groups is 9. The molecule has 6 fully saturated rings. The predicted molar refractivity (Wildman–Crippen MR) is 261 cm³/mol. The van der Waals surface area contributed by atoms with Gasteiger partial charge in [-0.15, -0.1) is 0 Å². The van der Waals surface area contributed by atoms with Crippen molar-refractivity contribution in [2.45, 2.75) is 154 Å². The second-order valence-corrected chi connectivity index (χ2v) is 24.8. The van der Waals surface area contributed by atoms with Crippen molar-refractivity contribution in [3.8, 4) is 0 Å². The van der Waals surface area contributed by atoms with E-state index in [1.807, 2.05) is 13.8 Å². The molecule has 23 atom stereocenters. The van der Waals surface area contributed by atoms with Gasteiger partial charge in [0, 0.05) is 60.3 Å². The van der Waals surface area contributed by atoms with Crippen LogP contribution in [0.15, 0.2) is 36.7 Å². The zero-order chi connectivity index (χ0) is 52.8. The number of aliphatic hydroxyl groups excluding tert-OH is 9. The van der Waals surface area contributed by atoms with E-state index in [0.717, 1.165) is 11.3 Å². The first kappa shape index (κ1) is 54.4. The molecule has 2 aromatic heterocycles. The largest absolute Gasteiger partial charge is 0.481 e. The molecule has 4 saturated carbocycles. The van der Waals surface area contributed by atoms with Crippen molar-refractivity contribution in [3.05, 3.63) is 48.1 Å². The van der Waals surface area contributed by atoms with E-state index in [2.05, 4.69) is 52.1 Å². The average Bonchev–Trinajstić information content (AvgIpc) is 4.15. The molecule has 7 aliphatic rings. The maximum atomic E-state index is 14.2. The van der Waals surface area contributed by atoms with Gasteiger partial charge in [-0.2, -0.15) is 0 Å². The molecule has 20 heteroatoms. The maximum Gasteiger partial charge on any atom is 0.310 e. The number of amides is 1. The SMILES string of the molecule is CC1(CO)CCC2(C(=O)O)C(C1)C1=CCC3C4(C)C(CC5C(CO)C(=O)NC5C(CCC(N)O)c5cnc[nH]5)C(O)C(OC5OCC(O)C(O)C5O)C(C)(CO)C4CCC3(C)C1(C)C(Cc1cnc[nH]1)C2CO. The van der Waals surface area contributed by atoms with Crippen LogP contribution in [0, 0.1) is 79.8 Å². The molecule has 408 valence electrons. The Morgan fingerprint density at radius 3 is 2.23 bits per heavy atom. The number of hydrogen-bond donors (Lipinski definition) is 14. The first-order valence-electron chi connectivity index (χ1n) is 26.6. The molecular formula is C53H82N6O14. The summed E-state index contributed by atoms with van der Waals surface area (Å²) in [5.41, 5.74) is 2.78. The van der Waals surface area contributed by atoms with Crippen LogP contribution in [0.2, 0.25) is 0 Å². The molecule has 9 rings (SSSR count). The van der Waals surface area contributed by atoms with Crippen LogP contribution in [0.25, 0.3) is 0 Å². The smallest absolute Gasteiger partial charge is 0.310 e. The van der Waals surface area contributed by atoms with Gasteiger partial charge in [-0.25, -0.2) is 9.97 Å². The summed E-state index contributed by atoms with van der Waals surface area (Å²) in [5.74, 6) is -6.59. The Labute approximate surface area is 426 Å². The number of aromatic amines is 2. The van der Waals surface area contributed by atoms with Gasteiger partial charge in [0.25, 0.3) is 0 Å². The van der Waals surface area contributed by atoms with E-state index < -0.39 is 155 Å². The summed E-state index contributed by atoms with van der Waals surface area (Å²) in [7, 11) is 0. The van der Waals surface area contributed by atoms with E-state index in [9.17, 15) is 60.7 Å². The summed E-state index contributed by atoms with van der Waals surface area (Å²) in [6, 6.07) is -0.646. The standard InChI is InChI=1S/C53H82N6O14/c1-48(22-62)12-13-53(47(70)71)33(16-48)30-7-8-38-50(3,52(30,5)31(34(53)20-61)14-26-17-55-24-57-26)11-10-37-49(2,23-63)44(73-46-43(68)42(67)36(64)21-72-46)41(66)32(51(37,38)4)15-28-29(19-60)45(69)59-40(28)27(6-9-39(54)65)35-18-56-25-58-35/h7,17-18,24-25,27-29,31-34,36-44,46,60-68H,6,8-16,19-23,54H2,1-5H3,(H,55,57)(H,56,58)(H,59,69)(H,70,71). The van der Waals surface area contributed by atoms with E-state index in [-0.39, 0.29) is 44.3 Å². The van der Waals surface area contributed by atoms with Gasteiger partial charge in [-0.3, -0.25) is 9.59 Å². The van der Waals surface area contributed by atoms with Crippen LogP contribution in [0.5, 0.6) is 0 Å². The highest BCUT2D eigenvalue weighted by molar-refractivity contribution is 5.82. The zero-order valence-electron chi connectivity index (χ0n) is 42.9. The fourth-order valence-electron chi connectivity index (χ4n) is 17.8. The van der Waals surface area contributed by atoms with Crippen LogP contribution < -0.4 is 11.1 Å². The number of carbonyl (C=O) groups excluding carboxylic acids is 1. The fourth-order valence-corrected chi connectivity index (χ4v) is 17.8. The molecule has 15 N–H and O–H groups in total. The van der Waals surface area contributed by atoms with Crippen molar-refractivity contribution >= 4 is 11.9 Å². The monoisotopic (exact) mass is 1030 g/mol. The summed E-state index contributed by atoms with van der Waals surface area (Å²) >= 11 is 0. The normalized spacial score (nSPS) is 47.3. The zero-order valence-corrected chi connectivity index (χ0v) is 42.9. The van der Waals surface area contributed by atoms with Crippen LogP contribution in [0.4, 0.5) is 0 Å². The van der Waals surface area contributed by atoms with Gasteiger partial charge in [-0.1, -0.05) is 46.3 Å². The van der Waals surface area contributed by atoms with Crippen LogP contribution in [0.1, 0.15) is 110 Å². The lowest BCUT2D eigenvalue weighted by Crippen LogP contribution is -2.74. The minimum atomic E-state index is -1.71.